The lowest BCUT2D eigenvalue weighted by molar-refractivity contribution is -0.129. The Hall–Kier alpha value is -1.38. The zero-order chi connectivity index (χ0) is 15.8. The quantitative estimate of drug-likeness (QED) is 0.814. The molecule has 1 saturated heterocycles. The third kappa shape index (κ3) is 3.12. The zero-order valence-electron chi connectivity index (χ0n) is 11.3. The van der Waals surface area contributed by atoms with Crippen LogP contribution in [0, 0.1) is 5.82 Å². The van der Waals surface area contributed by atoms with Gasteiger partial charge in [-0.3, -0.25) is 4.79 Å². The number of likely N-dealkylation sites (N-methyl/N-ethyl adjacent to an activating group) is 1. The van der Waals surface area contributed by atoms with Gasteiger partial charge in [0.2, 0.25) is 15.9 Å². The van der Waals surface area contributed by atoms with E-state index in [1.165, 1.54) is 4.90 Å². The molecule has 0 bridgehead atoms. The predicted octanol–water partition coefficient (Wildman–Crippen LogP) is 0.914. The molecular formula is C12H15ClFN3O3S. The van der Waals surface area contributed by atoms with Gasteiger partial charge in [0.1, 0.15) is 4.90 Å². The van der Waals surface area contributed by atoms with E-state index in [2.05, 4.69) is 0 Å². The van der Waals surface area contributed by atoms with E-state index >= 15 is 0 Å². The molecule has 1 aromatic carbocycles. The molecule has 6 nitrogen and oxygen atoms in total. The van der Waals surface area contributed by atoms with Crippen molar-refractivity contribution >= 4 is 33.2 Å². The Kier molecular flexibility index (Phi) is 4.40. The smallest absolute Gasteiger partial charge is 0.246 e. The van der Waals surface area contributed by atoms with E-state index in [1.54, 1.807) is 7.05 Å². The molecule has 0 spiro atoms. The molecule has 0 unspecified atom stereocenters. The second-order valence-electron chi connectivity index (χ2n) is 4.81. The highest BCUT2D eigenvalue weighted by Crippen LogP contribution is 2.28. The zero-order valence-corrected chi connectivity index (χ0v) is 12.9. The molecule has 1 heterocycles. The van der Waals surface area contributed by atoms with Gasteiger partial charge in [-0.15, -0.1) is 0 Å². The van der Waals surface area contributed by atoms with Gasteiger partial charge in [-0.2, -0.15) is 4.31 Å². The van der Waals surface area contributed by atoms with Crippen LogP contribution in [-0.4, -0.2) is 50.2 Å². The van der Waals surface area contributed by atoms with Crippen LogP contribution in [-0.2, 0) is 14.8 Å². The summed E-state index contributed by atoms with van der Waals surface area (Å²) in [5.41, 5.74) is 5.06. The van der Waals surface area contributed by atoms with Crippen molar-refractivity contribution in [2.45, 2.75) is 11.3 Å². The normalized spacial score (nSPS) is 17.9. The van der Waals surface area contributed by atoms with E-state index in [1.807, 2.05) is 0 Å². The van der Waals surface area contributed by atoms with Crippen LogP contribution < -0.4 is 5.73 Å². The summed E-state index contributed by atoms with van der Waals surface area (Å²) in [6, 6.07) is 2.14. The third-order valence-corrected chi connectivity index (χ3v) is 5.35. The van der Waals surface area contributed by atoms with Crippen LogP contribution >= 0.6 is 11.6 Å². The second-order valence-corrected chi connectivity index (χ2v) is 7.16. The number of carbonyl (C=O) groups excluding carboxylic acids is 1. The highest BCUT2D eigenvalue weighted by molar-refractivity contribution is 7.89. The molecule has 21 heavy (non-hydrogen) atoms. The maximum atomic E-state index is 14.0. The number of hydrogen-bond donors (Lipinski definition) is 1. The number of carbonyl (C=O) groups is 1. The van der Waals surface area contributed by atoms with Crippen molar-refractivity contribution in [3.63, 3.8) is 0 Å². The Morgan fingerprint density at radius 3 is 2.67 bits per heavy atom. The first kappa shape index (κ1) is 16.0. The van der Waals surface area contributed by atoms with Gasteiger partial charge in [-0.05, 0) is 18.6 Å². The molecule has 116 valence electrons. The number of hydrogen-bond acceptors (Lipinski definition) is 4. The lowest BCUT2D eigenvalue weighted by Gasteiger charge is -2.20. The van der Waals surface area contributed by atoms with Gasteiger partial charge in [0.25, 0.3) is 0 Å². The minimum atomic E-state index is -4.17. The number of anilines is 1. The molecule has 2 N–H and O–H groups in total. The van der Waals surface area contributed by atoms with Gasteiger partial charge in [0.15, 0.2) is 5.82 Å². The summed E-state index contributed by atoms with van der Waals surface area (Å²) in [4.78, 5) is 12.6. The van der Waals surface area contributed by atoms with Crippen LogP contribution in [0.4, 0.5) is 10.1 Å². The van der Waals surface area contributed by atoms with Gasteiger partial charge in [0.05, 0.1) is 12.2 Å². The van der Waals surface area contributed by atoms with Crippen molar-refractivity contribution in [1.82, 2.24) is 9.21 Å². The second kappa shape index (κ2) is 5.78. The minimum absolute atomic E-state index is 0.0192. The highest BCUT2D eigenvalue weighted by Gasteiger charge is 2.32. The largest absolute Gasteiger partial charge is 0.396 e. The van der Waals surface area contributed by atoms with Gasteiger partial charge < -0.3 is 10.6 Å². The summed E-state index contributed by atoms with van der Waals surface area (Å²) in [6.45, 7) is 0.250. The number of sulfonamides is 1. The Labute approximate surface area is 127 Å². The topological polar surface area (TPSA) is 83.7 Å². The molecule has 1 fully saturated rings. The van der Waals surface area contributed by atoms with E-state index in [0.29, 0.717) is 13.0 Å². The first-order valence-electron chi connectivity index (χ1n) is 6.22. The number of benzene rings is 1. The molecule has 1 amide bonds. The molecule has 0 aromatic heterocycles. The maximum absolute atomic E-state index is 14.0. The number of nitrogens with zero attached hydrogens (tertiary/aromatic N) is 2. The van der Waals surface area contributed by atoms with Crippen LogP contribution in [0.2, 0.25) is 5.02 Å². The Bertz CT molecular complexity index is 681. The number of nitrogens with two attached hydrogens (primary N) is 1. The summed E-state index contributed by atoms with van der Waals surface area (Å²) >= 11 is 5.75. The summed E-state index contributed by atoms with van der Waals surface area (Å²) in [5.74, 6) is -1.39. The van der Waals surface area contributed by atoms with Gasteiger partial charge in [-0.1, -0.05) is 11.6 Å². The first-order chi connectivity index (χ1) is 9.73. The lowest BCUT2D eigenvalue weighted by atomic mass is 10.3. The Morgan fingerprint density at radius 2 is 2.00 bits per heavy atom. The van der Waals surface area contributed by atoms with Gasteiger partial charge >= 0.3 is 0 Å². The van der Waals surface area contributed by atoms with Crippen molar-refractivity contribution in [2.75, 3.05) is 32.4 Å². The fourth-order valence-electron chi connectivity index (χ4n) is 2.08. The van der Waals surface area contributed by atoms with E-state index in [9.17, 15) is 17.6 Å². The number of amides is 1. The van der Waals surface area contributed by atoms with Crippen molar-refractivity contribution in [3.05, 3.63) is 23.0 Å². The van der Waals surface area contributed by atoms with Crippen LogP contribution in [0.3, 0.4) is 0 Å². The number of rotatable bonds is 2. The van der Waals surface area contributed by atoms with Crippen LogP contribution in [0.1, 0.15) is 6.42 Å². The SMILES string of the molecule is CN1CCCN(S(=O)(=O)c2cc(Cl)cc(N)c2F)CC1=O. The van der Waals surface area contributed by atoms with Crippen molar-refractivity contribution < 1.29 is 17.6 Å². The van der Waals surface area contributed by atoms with E-state index in [0.717, 1.165) is 16.4 Å². The standard InChI is InChI=1S/C12H15ClFN3O3S/c1-16-3-2-4-17(7-11(16)18)21(19,20)10-6-8(13)5-9(15)12(10)14/h5-6H,2-4,7,15H2,1H3. The van der Waals surface area contributed by atoms with Crippen LogP contribution in [0.25, 0.3) is 0 Å². The molecule has 2 rings (SSSR count). The molecule has 1 aliphatic rings. The fourth-order valence-corrected chi connectivity index (χ4v) is 3.92. The monoisotopic (exact) mass is 335 g/mol. The Morgan fingerprint density at radius 1 is 1.33 bits per heavy atom. The number of nitrogen functional groups attached to an aromatic ring is 1. The summed E-state index contributed by atoms with van der Waals surface area (Å²) in [5, 5.41) is 0.0192. The first-order valence-corrected chi connectivity index (χ1v) is 8.04. The minimum Gasteiger partial charge on any atom is -0.396 e. The Balaban J connectivity index is 2.45. The molecule has 1 aliphatic heterocycles. The van der Waals surface area contributed by atoms with Crippen LogP contribution in [0.15, 0.2) is 17.0 Å². The van der Waals surface area contributed by atoms with Crippen molar-refractivity contribution in [1.29, 1.82) is 0 Å². The van der Waals surface area contributed by atoms with E-state index in [4.69, 9.17) is 17.3 Å². The summed E-state index contributed by atoms with van der Waals surface area (Å²) in [6.07, 6.45) is 0.471. The van der Waals surface area contributed by atoms with Gasteiger partial charge in [0, 0.05) is 25.2 Å². The fraction of sp³-hybridized carbons (Fsp3) is 0.417. The van der Waals surface area contributed by atoms with Crippen molar-refractivity contribution in [3.8, 4) is 0 Å². The molecule has 0 radical (unpaired) electrons. The maximum Gasteiger partial charge on any atom is 0.246 e. The average Bonchev–Trinajstić information content (AvgIpc) is 2.56. The third-order valence-electron chi connectivity index (χ3n) is 3.29. The predicted molar refractivity (Wildman–Crippen MR) is 76.8 cm³/mol. The summed E-state index contributed by atoms with van der Waals surface area (Å²) < 4.78 is 40.0. The molecule has 0 aliphatic carbocycles. The number of halogens is 2. The molecule has 0 saturated carbocycles. The molecule has 1 aromatic rings. The molecule has 9 heteroatoms. The summed E-state index contributed by atoms with van der Waals surface area (Å²) in [7, 11) is -2.58. The van der Waals surface area contributed by atoms with Gasteiger partial charge in [-0.25, -0.2) is 12.8 Å². The van der Waals surface area contributed by atoms with E-state index in [-0.39, 0.29) is 29.7 Å². The lowest BCUT2D eigenvalue weighted by Crippen LogP contribution is -2.38. The van der Waals surface area contributed by atoms with Crippen molar-refractivity contribution in [2.24, 2.45) is 0 Å². The molecular weight excluding hydrogens is 321 g/mol. The molecule has 0 atom stereocenters. The van der Waals surface area contributed by atoms with Crippen LogP contribution in [0.5, 0.6) is 0 Å². The van der Waals surface area contributed by atoms with E-state index < -0.39 is 20.7 Å². The average molecular weight is 336 g/mol. The highest BCUT2D eigenvalue weighted by atomic mass is 35.5.